The number of aliphatic hydroxyl groups excluding tert-OH is 1. The van der Waals surface area contributed by atoms with Crippen LogP contribution in [0.2, 0.25) is 0 Å². The number of hydrogen-bond donors (Lipinski definition) is 1. The number of rotatable bonds is 3. The lowest BCUT2D eigenvalue weighted by molar-refractivity contribution is 0.0941. The van der Waals surface area contributed by atoms with E-state index in [9.17, 15) is 5.11 Å². The molecule has 2 heteroatoms. The van der Waals surface area contributed by atoms with Crippen LogP contribution in [0.5, 0.6) is 0 Å². The highest BCUT2D eigenvalue weighted by atomic mass is 16.4. The molecule has 1 N–H and O–H groups in total. The standard InChI is InChI=1S/C14H18O2/c1-4-10(3)14(15)13-8-11-7-9(2)5-6-12(11)16-13/h5-8,10,14-15H,4H2,1-3H3. The number of furan rings is 1. The van der Waals surface area contributed by atoms with E-state index in [0.717, 1.165) is 17.4 Å². The van der Waals surface area contributed by atoms with E-state index < -0.39 is 6.10 Å². The molecular weight excluding hydrogens is 200 g/mol. The molecule has 2 nitrogen and oxygen atoms in total. The van der Waals surface area contributed by atoms with E-state index in [1.165, 1.54) is 5.56 Å². The summed E-state index contributed by atoms with van der Waals surface area (Å²) in [5.41, 5.74) is 2.06. The molecule has 0 spiro atoms. The molecule has 0 saturated heterocycles. The lowest BCUT2D eigenvalue weighted by Gasteiger charge is -2.13. The van der Waals surface area contributed by atoms with Crippen molar-refractivity contribution in [2.24, 2.45) is 5.92 Å². The molecule has 1 aromatic heterocycles. The molecule has 1 heterocycles. The van der Waals surface area contributed by atoms with E-state index in [1.54, 1.807) is 0 Å². The number of fused-ring (bicyclic) bond motifs is 1. The fourth-order valence-electron chi connectivity index (χ4n) is 1.83. The lowest BCUT2D eigenvalue weighted by Crippen LogP contribution is -2.06. The molecule has 2 unspecified atom stereocenters. The van der Waals surface area contributed by atoms with Gasteiger partial charge in [-0.2, -0.15) is 0 Å². The van der Waals surface area contributed by atoms with Gasteiger partial charge in [0.25, 0.3) is 0 Å². The highest BCUT2D eigenvalue weighted by Crippen LogP contribution is 2.29. The van der Waals surface area contributed by atoms with Gasteiger partial charge < -0.3 is 9.52 Å². The van der Waals surface area contributed by atoms with Crippen LogP contribution in [0.15, 0.2) is 28.7 Å². The zero-order valence-corrected chi connectivity index (χ0v) is 10.0. The Hall–Kier alpha value is -1.28. The second-order valence-electron chi connectivity index (χ2n) is 4.52. The third-order valence-corrected chi connectivity index (χ3v) is 3.17. The Morgan fingerprint density at radius 1 is 1.31 bits per heavy atom. The Morgan fingerprint density at radius 2 is 2.06 bits per heavy atom. The molecule has 0 aliphatic heterocycles. The average Bonchev–Trinajstić information content (AvgIpc) is 2.69. The molecule has 1 aromatic carbocycles. The minimum atomic E-state index is -0.502. The van der Waals surface area contributed by atoms with Crippen LogP contribution in [-0.2, 0) is 0 Å². The topological polar surface area (TPSA) is 33.4 Å². The van der Waals surface area contributed by atoms with Gasteiger partial charge in [0, 0.05) is 5.39 Å². The van der Waals surface area contributed by atoms with E-state index in [0.29, 0.717) is 5.76 Å². The minimum Gasteiger partial charge on any atom is -0.458 e. The summed E-state index contributed by atoms with van der Waals surface area (Å²) in [6.45, 7) is 6.15. The highest BCUT2D eigenvalue weighted by molar-refractivity contribution is 5.78. The molecule has 86 valence electrons. The van der Waals surface area contributed by atoms with E-state index in [-0.39, 0.29) is 5.92 Å². The Bertz CT molecular complexity index is 484. The molecule has 16 heavy (non-hydrogen) atoms. The van der Waals surface area contributed by atoms with Gasteiger partial charge in [0.05, 0.1) is 0 Å². The maximum absolute atomic E-state index is 10.1. The Balaban J connectivity index is 2.39. The van der Waals surface area contributed by atoms with E-state index in [2.05, 4.69) is 19.9 Å². The van der Waals surface area contributed by atoms with Crippen LogP contribution in [0, 0.1) is 12.8 Å². The Labute approximate surface area is 95.9 Å². The molecule has 0 fully saturated rings. The maximum Gasteiger partial charge on any atom is 0.134 e. The number of hydrogen-bond acceptors (Lipinski definition) is 2. The van der Waals surface area contributed by atoms with Crippen molar-refractivity contribution in [2.75, 3.05) is 0 Å². The number of benzene rings is 1. The second-order valence-corrected chi connectivity index (χ2v) is 4.52. The second kappa shape index (κ2) is 4.30. The van der Waals surface area contributed by atoms with Crippen LogP contribution in [-0.4, -0.2) is 5.11 Å². The van der Waals surface area contributed by atoms with Crippen molar-refractivity contribution >= 4 is 11.0 Å². The monoisotopic (exact) mass is 218 g/mol. The van der Waals surface area contributed by atoms with Gasteiger partial charge in [-0.25, -0.2) is 0 Å². The van der Waals surface area contributed by atoms with Crippen molar-refractivity contribution in [2.45, 2.75) is 33.3 Å². The largest absolute Gasteiger partial charge is 0.458 e. The third kappa shape index (κ3) is 1.98. The first-order valence-electron chi connectivity index (χ1n) is 5.80. The SMILES string of the molecule is CCC(C)C(O)c1cc2cc(C)ccc2o1. The van der Waals surface area contributed by atoms with E-state index >= 15 is 0 Å². The van der Waals surface area contributed by atoms with E-state index in [1.807, 2.05) is 25.1 Å². The first-order chi connectivity index (χ1) is 7.61. The molecule has 2 atom stereocenters. The molecule has 0 saturated carbocycles. The van der Waals surface area contributed by atoms with Gasteiger partial charge in [-0.3, -0.25) is 0 Å². The summed E-state index contributed by atoms with van der Waals surface area (Å²) in [5, 5.41) is 11.1. The van der Waals surface area contributed by atoms with Crippen molar-refractivity contribution < 1.29 is 9.52 Å². The summed E-state index contributed by atoms with van der Waals surface area (Å²) in [4.78, 5) is 0. The van der Waals surface area contributed by atoms with Gasteiger partial charge in [0.1, 0.15) is 17.4 Å². The van der Waals surface area contributed by atoms with Gasteiger partial charge in [-0.15, -0.1) is 0 Å². The van der Waals surface area contributed by atoms with Crippen molar-refractivity contribution in [3.8, 4) is 0 Å². The van der Waals surface area contributed by atoms with Crippen LogP contribution in [0.25, 0.3) is 11.0 Å². The molecule has 0 radical (unpaired) electrons. The highest BCUT2D eigenvalue weighted by Gasteiger charge is 2.18. The average molecular weight is 218 g/mol. The van der Waals surface area contributed by atoms with Gasteiger partial charge in [0.2, 0.25) is 0 Å². The smallest absolute Gasteiger partial charge is 0.134 e. The molecular formula is C14H18O2. The predicted molar refractivity (Wildman–Crippen MR) is 65.4 cm³/mol. The van der Waals surface area contributed by atoms with Crippen LogP contribution in [0.1, 0.15) is 37.7 Å². The Morgan fingerprint density at radius 3 is 2.75 bits per heavy atom. The summed E-state index contributed by atoms with van der Waals surface area (Å²) in [6, 6.07) is 7.99. The summed E-state index contributed by atoms with van der Waals surface area (Å²) in [5.74, 6) is 0.900. The van der Waals surface area contributed by atoms with Crippen LogP contribution in [0.3, 0.4) is 0 Å². The third-order valence-electron chi connectivity index (χ3n) is 3.17. The quantitative estimate of drug-likeness (QED) is 0.849. The first kappa shape index (κ1) is 11.2. The van der Waals surface area contributed by atoms with Crippen molar-refractivity contribution in [3.63, 3.8) is 0 Å². The maximum atomic E-state index is 10.1. The van der Waals surface area contributed by atoms with Gasteiger partial charge in [-0.1, -0.05) is 31.9 Å². The predicted octanol–water partition coefficient (Wildman–Crippen LogP) is 3.82. The first-order valence-corrected chi connectivity index (χ1v) is 5.80. The summed E-state index contributed by atoms with van der Waals surface area (Å²) in [6.07, 6.45) is 0.440. The molecule has 2 aromatic rings. The van der Waals surface area contributed by atoms with Crippen molar-refractivity contribution in [3.05, 3.63) is 35.6 Å². The van der Waals surface area contributed by atoms with Gasteiger partial charge >= 0.3 is 0 Å². The lowest BCUT2D eigenvalue weighted by atomic mass is 10.00. The van der Waals surface area contributed by atoms with Crippen LogP contribution in [0.4, 0.5) is 0 Å². The van der Waals surface area contributed by atoms with Crippen molar-refractivity contribution in [1.29, 1.82) is 0 Å². The summed E-state index contributed by atoms with van der Waals surface area (Å²) >= 11 is 0. The van der Waals surface area contributed by atoms with Crippen molar-refractivity contribution in [1.82, 2.24) is 0 Å². The molecule has 0 aliphatic rings. The minimum absolute atomic E-state index is 0.224. The zero-order chi connectivity index (χ0) is 11.7. The van der Waals surface area contributed by atoms with Gasteiger partial charge in [-0.05, 0) is 31.0 Å². The molecule has 0 amide bonds. The summed E-state index contributed by atoms with van der Waals surface area (Å²) in [7, 11) is 0. The molecule has 0 aliphatic carbocycles. The Kier molecular flexibility index (Phi) is 3.01. The number of aryl methyl sites for hydroxylation is 1. The van der Waals surface area contributed by atoms with Crippen LogP contribution >= 0.6 is 0 Å². The van der Waals surface area contributed by atoms with Crippen LogP contribution < -0.4 is 0 Å². The molecule has 2 rings (SSSR count). The zero-order valence-electron chi connectivity index (χ0n) is 10.0. The fraction of sp³-hybridized carbons (Fsp3) is 0.429. The summed E-state index contributed by atoms with van der Waals surface area (Å²) < 4.78 is 5.66. The van der Waals surface area contributed by atoms with Gasteiger partial charge in [0.15, 0.2) is 0 Å². The number of aliphatic hydroxyl groups is 1. The normalized spacial score (nSPS) is 15.2. The fourth-order valence-corrected chi connectivity index (χ4v) is 1.83. The molecule has 0 bridgehead atoms. The van der Waals surface area contributed by atoms with E-state index in [4.69, 9.17) is 4.42 Å².